The van der Waals surface area contributed by atoms with E-state index in [1.807, 2.05) is 24.3 Å². The molecule has 2 heterocycles. The van der Waals surface area contributed by atoms with Crippen LogP contribution in [0.3, 0.4) is 0 Å². The summed E-state index contributed by atoms with van der Waals surface area (Å²) in [5, 5.41) is 10.1. The van der Waals surface area contributed by atoms with Gasteiger partial charge in [-0.05, 0) is 23.6 Å². The molecular formula is C19H21N3O. The largest absolute Gasteiger partial charge is 0.325 e. The minimum atomic E-state index is -0.393. The number of para-hydroxylation sites is 1. The highest BCUT2D eigenvalue weighted by Gasteiger charge is 2.51. The zero-order chi connectivity index (χ0) is 15.7. The van der Waals surface area contributed by atoms with E-state index in [1.54, 1.807) is 0 Å². The summed E-state index contributed by atoms with van der Waals surface area (Å²) in [5.41, 5.74) is 3.00. The maximum absolute atomic E-state index is 12.5. The van der Waals surface area contributed by atoms with Gasteiger partial charge in [0.05, 0.1) is 5.41 Å². The highest BCUT2D eigenvalue weighted by molar-refractivity contribution is 6.06. The second-order valence-electron chi connectivity index (χ2n) is 6.48. The van der Waals surface area contributed by atoms with Crippen LogP contribution in [-0.2, 0) is 16.8 Å². The fourth-order valence-electron chi connectivity index (χ4n) is 3.77. The van der Waals surface area contributed by atoms with E-state index in [0.29, 0.717) is 12.6 Å². The van der Waals surface area contributed by atoms with Crippen LogP contribution in [-0.4, -0.2) is 25.0 Å². The summed E-state index contributed by atoms with van der Waals surface area (Å²) in [6, 6.07) is 18.8. The number of fused-ring (bicyclic) bond motifs is 2. The first kappa shape index (κ1) is 14.4. The van der Waals surface area contributed by atoms with Gasteiger partial charge < -0.3 is 16.0 Å². The van der Waals surface area contributed by atoms with Crippen LogP contribution in [0.5, 0.6) is 0 Å². The van der Waals surface area contributed by atoms with Crippen molar-refractivity contribution in [3.05, 3.63) is 65.7 Å². The Hall–Kier alpha value is -2.17. The highest BCUT2D eigenvalue weighted by atomic mass is 16.2. The second-order valence-corrected chi connectivity index (χ2v) is 6.48. The zero-order valence-electron chi connectivity index (χ0n) is 13.0. The van der Waals surface area contributed by atoms with Crippen molar-refractivity contribution in [3.8, 4) is 0 Å². The van der Waals surface area contributed by atoms with Crippen molar-refractivity contribution in [2.45, 2.75) is 24.4 Å². The van der Waals surface area contributed by atoms with E-state index in [2.05, 4.69) is 46.3 Å². The summed E-state index contributed by atoms with van der Waals surface area (Å²) in [5.74, 6) is 0.136. The topological polar surface area (TPSA) is 53.2 Å². The van der Waals surface area contributed by atoms with Gasteiger partial charge in [-0.1, -0.05) is 48.5 Å². The predicted octanol–water partition coefficient (Wildman–Crippen LogP) is 2.03. The molecule has 1 fully saturated rings. The summed E-state index contributed by atoms with van der Waals surface area (Å²) in [6.07, 6.45) is 0.845. The van der Waals surface area contributed by atoms with Crippen LogP contribution < -0.4 is 16.0 Å². The number of rotatable bonds is 4. The van der Waals surface area contributed by atoms with Crippen LogP contribution in [0.1, 0.15) is 17.5 Å². The molecule has 0 aliphatic carbocycles. The van der Waals surface area contributed by atoms with E-state index in [4.69, 9.17) is 0 Å². The Bertz CT molecular complexity index is 716. The second kappa shape index (κ2) is 5.80. The summed E-state index contributed by atoms with van der Waals surface area (Å²) in [6.45, 7) is 2.44. The Morgan fingerprint density at radius 1 is 1.09 bits per heavy atom. The van der Waals surface area contributed by atoms with Crippen LogP contribution in [0.25, 0.3) is 0 Å². The Kier molecular flexibility index (Phi) is 3.63. The number of hydrogen-bond acceptors (Lipinski definition) is 3. The van der Waals surface area contributed by atoms with Gasteiger partial charge in [0, 0.05) is 31.4 Å². The van der Waals surface area contributed by atoms with Gasteiger partial charge in [-0.3, -0.25) is 4.79 Å². The lowest BCUT2D eigenvalue weighted by atomic mass is 9.79. The molecule has 2 aromatic rings. The lowest BCUT2D eigenvalue weighted by molar-refractivity contribution is -0.120. The first-order valence-corrected chi connectivity index (χ1v) is 8.17. The summed E-state index contributed by atoms with van der Waals surface area (Å²) in [4.78, 5) is 12.5. The van der Waals surface area contributed by atoms with Crippen LogP contribution in [0.2, 0.25) is 0 Å². The number of carbonyl (C=O) groups is 1. The number of hydrogen-bond donors (Lipinski definition) is 3. The van der Waals surface area contributed by atoms with E-state index in [0.717, 1.165) is 30.8 Å². The van der Waals surface area contributed by atoms with Gasteiger partial charge in [0.2, 0.25) is 5.91 Å². The first-order chi connectivity index (χ1) is 11.3. The van der Waals surface area contributed by atoms with E-state index >= 15 is 0 Å². The van der Waals surface area contributed by atoms with E-state index in [1.165, 1.54) is 5.56 Å². The minimum Gasteiger partial charge on any atom is -0.325 e. The standard InChI is InChI=1S/C19H21N3O/c23-18-19(16-8-4-5-9-17(16)22-18)10-15(21-13-19)12-20-11-14-6-2-1-3-7-14/h1-9,15,20-21H,10-13H2,(H,22,23)/t15-,19-/m1/s1. The Labute approximate surface area is 136 Å². The fourth-order valence-corrected chi connectivity index (χ4v) is 3.77. The Morgan fingerprint density at radius 2 is 1.87 bits per heavy atom. The quantitative estimate of drug-likeness (QED) is 0.810. The Balaban J connectivity index is 1.40. The molecule has 4 rings (SSSR count). The summed E-state index contributed by atoms with van der Waals surface area (Å²) >= 11 is 0. The van der Waals surface area contributed by atoms with Crippen molar-refractivity contribution in [3.63, 3.8) is 0 Å². The average Bonchev–Trinajstić information content (AvgIpc) is 3.12. The lowest BCUT2D eigenvalue weighted by Crippen LogP contribution is -2.36. The van der Waals surface area contributed by atoms with Crippen molar-refractivity contribution in [1.29, 1.82) is 0 Å². The summed E-state index contributed by atoms with van der Waals surface area (Å²) in [7, 11) is 0. The van der Waals surface area contributed by atoms with E-state index in [-0.39, 0.29) is 5.91 Å². The van der Waals surface area contributed by atoms with Gasteiger partial charge in [0.15, 0.2) is 0 Å². The molecule has 4 nitrogen and oxygen atoms in total. The number of amides is 1. The molecule has 4 heteroatoms. The number of benzene rings is 2. The molecule has 118 valence electrons. The van der Waals surface area contributed by atoms with Crippen molar-refractivity contribution in [2.24, 2.45) is 0 Å². The lowest BCUT2D eigenvalue weighted by Gasteiger charge is -2.20. The highest BCUT2D eigenvalue weighted by Crippen LogP contribution is 2.43. The minimum absolute atomic E-state index is 0.136. The normalized spacial score (nSPS) is 25.6. The molecule has 0 bridgehead atoms. The molecule has 2 aliphatic heterocycles. The van der Waals surface area contributed by atoms with E-state index in [9.17, 15) is 4.79 Å². The smallest absolute Gasteiger partial charge is 0.236 e. The monoisotopic (exact) mass is 307 g/mol. The first-order valence-electron chi connectivity index (χ1n) is 8.17. The molecule has 0 saturated carbocycles. The molecular weight excluding hydrogens is 286 g/mol. The average molecular weight is 307 g/mol. The van der Waals surface area contributed by atoms with Gasteiger partial charge in [-0.25, -0.2) is 0 Å². The zero-order valence-corrected chi connectivity index (χ0v) is 13.0. The summed E-state index contributed by atoms with van der Waals surface area (Å²) < 4.78 is 0. The molecule has 0 unspecified atom stereocenters. The van der Waals surface area contributed by atoms with Crippen LogP contribution in [0.4, 0.5) is 5.69 Å². The van der Waals surface area contributed by atoms with Gasteiger partial charge in [-0.15, -0.1) is 0 Å². The third kappa shape index (κ3) is 2.54. The van der Waals surface area contributed by atoms with Crippen molar-refractivity contribution in [2.75, 3.05) is 18.4 Å². The molecule has 2 aromatic carbocycles. The maximum atomic E-state index is 12.5. The molecule has 23 heavy (non-hydrogen) atoms. The van der Waals surface area contributed by atoms with Gasteiger partial charge in [-0.2, -0.15) is 0 Å². The van der Waals surface area contributed by atoms with Crippen LogP contribution >= 0.6 is 0 Å². The molecule has 1 saturated heterocycles. The van der Waals surface area contributed by atoms with Crippen LogP contribution in [0, 0.1) is 0 Å². The molecule has 1 amide bonds. The molecule has 0 radical (unpaired) electrons. The predicted molar refractivity (Wildman–Crippen MR) is 91.3 cm³/mol. The van der Waals surface area contributed by atoms with Gasteiger partial charge >= 0.3 is 0 Å². The van der Waals surface area contributed by atoms with Crippen LogP contribution in [0.15, 0.2) is 54.6 Å². The molecule has 2 atom stereocenters. The molecule has 0 aromatic heterocycles. The number of carbonyl (C=O) groups excluding carboxylic acids is 1. The van der Waals surface area contributed by atoms with Gasteiger partial charge in [0.1, 0.15) is 0 Å². The van der Waals surface area contributed by atoms with Crippen molar-refractivity contribution in [1.82, 2.24) is 10.6 Å². The number of nitrogens with one attached hydrogen (secondary N) is 3. The third-order valence-electron chi connectivity index (χ3n) is 4.98. The van der Waals surface area contributed by atoms with Gasteiger partial charge in [0.25, 0.3) is 0 Å². The SMILES string of the molecule is O=C1Nc2ccccc2[C@@]12CN[C@@H](CNCc1ccccc1)C2. The maximum Gasteiger partial charge on any atom is 0.236 e. The molecule has 3 N–H and O–H groups in total. The van der Waals surface area contributed by atoms with Crippen molar-refractivity contribution < 1.29 is 4.79 Å². The van der Waals surface area contributed by atoms with E-state index < -0.39 is 5.41 Å². The molecule has 1 spiro atoms. The fraction of sp³-hybridized carbons (Fsp3) is 0.316. The Morgan fingerprint density at radius 3 is 2.74 bits per heavy atom. The third-order valence-corrected chi connectivity index (χ3v) is 4.98. The number of anilines is 1. The molecule has 2 aliphatic rings. The van der Waals surface area contributed by atoms with Crippen molar-refractivity contribution >= 4 is 11.6 Å².